The number of benzene rings is 3. The van der Waals surface area contributed by atoms with Crippen molar-refractivity contribution in [3.63, 3.8) is 0 Å². The van der Waals surface area contributed by atoms with E-state index < -0.39 is 16.1 Å². The fourth-order valence-electron chi connectivity index (χ4n) is 3.48. The summed E-state index contributed by atoms with van der Waals surface area (Å²) in [5.41, 5.74) is 2.36. The molecule has 0 spiro atoms. The lowest BCUT2D eigenvalue weighted by Crippen LogP contribution is -2.33. The monoisotopic (exact) mass is 509 g/mol. The summed E-state index contributed by atoms with van der Waals surface area (Å²) in [6.45, 7) is 2.29. The molecule has 0 radical (unpaired) electrons. The summed E-state index contributed by atoms with van der Waals surface area (Å²) in [6.07, 6.45) is 1.40. The third-order valence-electron chi connectivity index (χ3n) is 5.61. The van der Waals surface area contributed by atoms with Crippen molar-refractivity contribution in [2.75, 3.05) is 29.5 Å². The Balaban J connectivity index is 1.63. The maximum absolute atomic E-state index is 13.0. The summed E-state index contributed by atoms with van der Waals surface area (Å²) in [5.74, 6) is -0.240. The number of sulfonamides is 1. The van der Waals surface area contributed by atoms with Crippen LogP contribution in [0.3, 0.4) is 0 Å². The molecule has 1 atom stereocenters. The molecule has 2 N–H and O–H groups in total. The van der Waals surface area contributed by atoms with Crippen LogP contribution >= 0.6 is 0 Å². The topological polar surface area (TPSA) is 105 Å². The van der Waals surface area contributed by atoms with Gasteiger partial charge in [0.2, 0.25) is 10.0 Å². The number of para-hydroxylation sites is 1. The smallest absolute Gasteiger partial charge is 0.265 e. The number of amides is 2. The summed E-state index contributed by atoms with van der Waals surface area (Å²) in [6, 6.07) is 23.1. The van der Waals surface area contributed by atoms with Gasteiger partial charge >= 0.3 is 0 Å². The van der Waals surface area contributed by atoms with Crippen molar-refractivity contribution in [1.29, 1.82) is 0 Å². The molecule has 3 rings (SSSR count). The quantitative estimate of drug-likeness (QED) is 0.409. The van der Waals surface area contributed by atoms with Gasteiger partial charge in [-0.1, -0.05) is 49.4 Å². The second-order valence-electron chi connectivity index (χ2n) is 8.27. The van der Waals surface area contributed by atoms with E-state index in [0.717, 1.165) is 16.1 Å². The Labute approximate surface area is 212 Å². The average molecular weight is 510 g/mol. The second-order valence-corrected chi connectivity index (χ2v) is 10.3. The van der Waals surface area contributed by atoms with Crippen molar-refractivity contribution in [1.82, 2.24) is 5.32 Å². The lowest BCUT2D eigenvalue weighted by molar-refractivity contribution is -0.122. The molecule has 8 nitrogen and oxygen atoms in total. The highest BCUT2D eigenvalue weighted by Gasteiger charge is 2.21. The van der Waals surface area contributed by atoms with Gasteiger partial charge in [-0.3, -0.25) is 13.9 Å². The highest BCUT2D eigenvalue weighted by molar-refractivity contribution is 7.92. The van der Waals surface area contributed by atoms with Crippen LogP contribution in [0.15, 0.2) is 78.9 Å². The zero-order chi connectivity index (χ0) is 26.1. The van der Waals surface area contributed by atoms with Crippen LogP contribution < -0.4 is 19.7 Å². The number of carbonyl (C=O) groups is 2. The van der Waals surface area contributed by atoms with Gasteiger partial charge in [0, 0.05) is 13.6 Å². The number of nitrogens with one attached hydrogen (secondary N) is 2. The minimum Gasteiger partial charge on any atom is -0.481 e. The summed E-state index contributed by atoms with van der Waals surface area (Å²) in [7, 11) is -1.92. The van der Waals surface area contributed by atoms with E-state index in [2.05, 4.69) is 10.6 Å². The fourth-order valence-corrected chi connectivity index (χ4v) is 3.98. The molecule has 0 saturated heterocycles. The molecule has 2 amide bonds. The van der Waals surface area contributed by atoms with Gasteiger partial charge in [-0.15, -0.1) is 0 Å². The number of hydrogen-bond donors (Lipinski definition) is 2. The highest BCUT2D eigenvalue weighted by atomic mass is 32.2. The summed E-state index contributed by atoms with van der Waals surface area (Å²) in [4.78, 5) is 25.8. The second kappa shape index (κ2) is 12.2. The summed E-state index contributed by atoms with van der Waals surface area (Å²) >= 11 is 0. The molecule has 36 heavy (non-hydrogen) atoms. The first-order valence-electron chi connectivity index (χ1n) is 11.6. The third kappa shape index (κ3) is 7.32. The van der Waals surface area contributed by atoms with E-state index in [-0.39, 0.29) is 11.8 Å². The van der Waals surface area contributed by atoms with Gasteiger partial charge in [-0.25, -0.2) is 8.42 Å². The van der Waals surface area contributed by atoms with Crippen LogP contribution in [0.1, 0.15) is 29.3 Å². The standard InChI is InChI=1S/C27H31N3O5S/c1-4-25(35-22-16-14-21(15-17-22)30(2)36(3,33)34)27(32)29-24-13-9-8-12-23(24)26(31)28-19-18-20-10-6-5-7-11-20/h5-17,25H,4,18-19H2,1-3H3,(H,28,31)(H,29,32). The molecule has 0 fully saturated rings. The predicted octanol–water partition coefficient (Wildman–Crippen LogP) is 3.85. The number of anilines is 2. The van der Waals surface area contributed by atoms with Crippen LogP contribution in [-0.4, -0.2) is 46.2 Å². The van der Waals surface area contributed by atoms with E-state index in [9.17, 15) is 18.0 Å². The molecule has 3 aromatic carbocycles. The van der Waals surface area contributed by atoms with Crippen molar-refractivity contribution in [2.45, 2.75) is 25.9 Å². The molecule has 1 unspecified atom stereocenters. The van der Waals surface area contributed by atoms with Crippen molar-refractivity contribution >= 4 is 33.2 Å². The van der Waals surface area contributed by atoms with Gasteiger partial charge < -0.3 is 15.4 Å². The molecule has 0 aliphatic carbocycles. The molecule has 9 heteroatoms. The summed E-state index contributed by atoms with van der Waals surface area (Å²) < 4.78 is 30.4. The Morgan fingerprint density at radius 1 is 0.944 bits per heavy atom. The zero-order valence-electron chi connectivity index (χ0n) is 20.6. The van der Waals surface area contributed by atoms with E-state index in [0.29, 0.717) is 42.1 Å². The fraction of sp³-hybridized carbons (Fsp3) is 0.259. The van der Waals surface area contributed by atoms with Gasteiger partial charge in [0.25, 0.3) is 11.8 Å². The highest BCUT2D eigenvalue weighted by Crippen LogP contribution is 2.22. The lowest BCUT2D eigenvalue weighted by atomic mass is 10.1. The van der Waals surface area contributed by atoms with E-state index in [4.69, 9.17) is 4.74 Å². The SMILES string of the molecule is CCC(Oc1ccc(N(C)S(C)(=O)=O)cc1)C(=O)Nc1ccccc1C(=O)NCCc1ccccc1. The van der Waals surface area contributed by atoms with Gasteiger partial charge in [0.05, 0.1) is 23.2 Å². The minimum atomic E-state index is -3.38. The van der Waals surface area contributed by atoms with Crippen molar-refractivity contribution in [3.05, 3.63) is 90.0 Å². The molecule has 190 valence electrons. The van der Waals surface area contributed by atoms with Crippen LogP contribution in [0.4, 0.5) is 11.4 Å². The molecule has 0 aromatic heterocycles. The predicted molar refractivity (Wildman–Crippen MR) is 142 cm³/mol. The van der Waals surface area contributed by atoms with E-state index in [1.54, 1.807) is 48.5 Å². The Hall–Kier alpha value is -3.85. The van der Waals surface area contributed by atoms with Gasteiger partial charge in [0.15, 0.2) is 6.10 Å². The first-order chi connectivity index (χ1) is 17.2. The number of rotatable bonds is 11. The van der Waals surface area contributed by atoms with Crippen molar-refractivity contribution in [2.24, 2.45) is 0 Å². The molecular weight excluding hydrogens is 478 g/mol. The van der Waals surface area contributed by atoms with E-state index in [1.165, 1.54) is 7.05 Å². The molecule has 0 aliphatic heterocycles. The maximum atomic E-state index is 13.0. The van der Waals surface area contributed by atoms with Crippen LogP contribution in [0.5, 0.6) is 5.75 Å². The minimum absolute atomic E-state index is 0.276. The average Bonchev–Trinajstić information content (AvgIpc) is 2.87. The van der Waals surface area contributed by atoms with Crippen molar-refractivity contribution in [3.8, 4) is 5.75 Å². The van der Waals surface area contributed by atoms with Gasteiger partial charge in [0.1, 0.15) is 5.75 Å². The first kappa shape index (κ1) is 26.7. The Bertz CT molecular complexity index is 1280. The molecule has 3 aromatic rings. The van der Waals surface area contributed by atoms with E-state index >= 15 is 0 Å². The van der Waals surface area contributed by atoms with Crippen LogP contribution in [0.25, 0.3) is 0 Å². The number of carbonyl (C=O) groups excluding carboxylic acids is 2. The van der Waals surface area contributed by atoms with E-state index in [1.807, 2.05) is 37.3 Å². The number of nitrogens with zero attached hydrogens (tertiary/aromatic N) is 1. The van der Waals surface area contributed by atoms with Crippen LogP contribution in [0, 0.1) is 0 Å². The van der Waals surface area contributed by atoms with Gasteiger partial charge in [-0.05, 0) is 54.8 Å². The Morgan fingerprint density at radius 3 is 2.22 bits per heavy atom. The van der Waals surface area contributed by atoms with Crippen LogP contribution in [0.2, 0.25) is 0 Å². The third-order valence-corrected chi connectivity index (χ3v) is 6.82. The molecule has 0 saturated carbocycles. The Morgan fingerprint density at radius 2 is 1.58 bits per heavy atom. The van der Waals surface area contributed by atoms with Crippen LogP contribution in [-0.2, 0) is 21.2 Å². The van der Waals surface area contributed by atoms with Gasteiger partial charge in [-0.2, -0.15) is 0 Å². The zero-order valence-corrected chi connectivity index (χ0v) is 21.4. The molecule has 0 bridgehead atoms. The molecule has 0 heterocycles. The maximum Gasteiger partial charge on any atom is 0.265 e. The lowest BCUT2D eigenvalue weighted by Gasteiger charge is -2.20. The number of hydrogen-bond acceptors (Lipinski definition) is 5. The largest absolute Gasteiger partial charge is 0.481 e. The molecular formula is C27H31N3O5S. The number of ether oxygens (including phenoxy) is 1. The normalized spacial score (nSPS) is 11.9. The Kier molecular flexibility index (Phi) is 9.08. The molecule has 0 aliphatic rings. The van der Waals surface area contributed by atoms with Crippen molar-refractivity contribution < 1.29 is 22.7 Å². The summed E-state index contributed by atoms with van der Waals surface area (Å²) in [5, 5.41) is 5.71. The first-order valence-corrected chi connectivity index (χ1v) is 13.5.